The summed E-state index contributed by atoms with van der Waals surface area (Å²) < 4.78 is 2.45. The van der Waals surface area contributed by atoms with Crippen molar-refractivity contribution < 1.29 is 0 Å². The fourth-order valence-electron chi connectivity index (χ4n) is 8.77. The molecule has 2 heteroatoms. The third-order valence-electron chi connectivity index (χ3n) is 11.6. The lowest BCUT2D eigenvalue weighted by Crippen LogP contribution is -2.21. The Kier molecular flexibility index (Phi) is 9.08. The maximum atomic E-state index is 2.48. The second-order valence-corrected chi connectivity index (χ2v) is 15.2. The molecule has 3 aliphatic rings. The third kappa shape index (κ3) is 6.54. The Morgan fingerprint density at radius 1 is 0.579 bits per heavy atom. The summed E-state index contributed by atoms with van der Waals surface area (Å²) in [5.41, 5.74) is 13.3. The van der Waals surface area contributed by atoms with E-state index in [1.165, 1.54) is 82.6 Å². The Bertz CT molecular complexity index is 3020. The molecule has 6 aromatic carbocycles. The van der Waals surface area contributed by atoms with Gasteiger partial charge in [-0.25, -0.2) is 0 Å². The van der Waals surface area contributed by atoms with Gasteiger partial charge in [0.2, 0.25) is 0 Å². The molecule has 0 N–H and O–H groups in total. The second kappa shape index (κ2) is 15.0. The predicted octanol–water partition coefficient (Wildman–Crippen LogP) is 15.0. The molecule has 3 aliphatic carbocycles. The first kappa shape index (κ1) is 34.6. The molecular weight excluding hydrogens is 689 g/mol. The summed E-state index contributed by atoms with van der Waals surface area (Å²) in [7, 11) is 0. The molecule has 0 spiro atoms. The van der Waals surface area contributed by atoms with E-state index in [0.29, 0.717) is 0 Å². The van der Waals surface area contributed by atoms with Crippen molar-refractivity contribution in [1.29, 1.82) is 0 Å². The van der Waals surface area contributed by atoms with Crippen LogP contribution in [0.1, 0.15) is 49.3 Å². The highest BCUT2D eigenvalue weighted by Gasteiger charge is 2.21. The van der Waals surface area contributed by atoms with E-state index in [1.807, 2.05) is 0 Å². The molecule has 0 atom stereocenters. The van der Waals surface area contributed by atoms with E-state index in [1.54, 1.807) is 0 Å². The smallest absolute Gasteiger partial charge is 0.0547 e. The van der Waals surface area contributed by atoms with Crippen LogP contribution in [0.25, 0.3) is 66.8 Å². The van der Waals surface area contributed by atoms with Crippen LogP contribution in [0.5, 0.6) is 0 Å². The van der Waals surface area contributed by atoms with Crippen LogP contribution in [0.2, 0.25) is 0 Å². The summed E-state index contributed by atoms with van der Waals surface area (Å²) in [5.74, 6) is 0. The molecule has 0 radical (unpaired) electrons. The average molecular weight is 733 g/mol. The minimum absolute atomic E-state index is 0.766. The molecule has 0 saturated heterocycles. The highest BCUT2D eigenvalue weighted by Crippen LogP contribution is 2.40. The van der Waals surface area contributed by atoms with Crippen molar-refractivity contribution >= 4 is 72.5 Å². The molecule has 0 saturated carbocycles. The van der Waals surface area contributed by atoms with Gasteiger partial charge < -0.3 is 9.47 Å². The van der Waals surface area contributed by atoms with Crippen molar-refractivity contribution in [2.75, 3.05) is 4.90 Å². The van der Waals surface area contributed by atoms with Crippen LogP contribution in [-0.2, 0) is 0 Å². The molecule has 2 nitrogen and oxygen atoms in total. The van der Waals surface area contributed by atoms with Gasteiger partial charge >= 0.3 is 0 Å². The van der Waals surface area contributed by atoms with Gasteiger partial charge in [0, 0.05) is 40.0 Å². The van der Waals surface area contributed by atoms with Gasteiger partial charge in [-0.3, -0.25) is 0 Å². The lowest BCUT2D eigenvalue weighted by molar-refractivity contribution is 1.02. The van der Waals surface area contributed by atoms with Crippen LogP contribution >= 0.6 is 0 Å². The quantitative estimate of drug-likeness (QED) is 0.160. The summed E-state index contributed by atoms with van der Waals surface area (Å²) in [6, 6.07) is 44.5. The predicted molar refractivity (Wildman–Crippen MR) is 247 cm³/mol. The minimum Gasteiger partial charge on any atom is -0.314 e. The van der Waals surface area contributed by atoms with Crippen LogP contribution in [0.4, 0.5) is 5.69 Å². The van der Waals surface area contributed by atoms with E-state index in [0.717, 1.165) is 37.1 Å². The molecule has 0 unspecified atom stereocenters. The van der Waals surface area contributed by atoms with Crippen molar-refractivity contribution in [3.05, 3.63) is 222 Å². The minimum atomic E-state index is 0.766. The zero-order valence-corrected chi connectivity index (χ0v) is 32.3. The molecule has 1 heterocycles. The molecule has 10 rings (SSSR count). The molecule has 1 aromatic heterocycles. The number of anilines is 1. The fourth-order valence-corrected chi connectivity index (χ4v) is 8.77. The first-order valence-corrected chi connectivity index (χ1v) is 20.2. The van der Waals surface area contributed by atoms with Crippen molar-refractivity contribution in [1.82, 2.24) is 4.57 Å². The molecule has 7 aromatic rings. The normalized spacial score (nSPS) is 18.7. The number of hydrogen-bond donors (Lipinski definition) is 0. The number of allylic oxidation sites excluding steroid dienone is 14. The van der Waals surface area contributed by atoms with Gasteiger partial charge in [0.1, 0.15) is 0 Å². The molecule has 0 aliphatic heterocycles. The fraction of sp³-hybridized carbons (Fsp3) is 0.0909. The standard InChI is InChI=1S/C55H44N2/c1-39-29-31-41-16-6-5-15-40(41)19-13-23-46(34-30-39)56(48-35-36-50-44(38-48)33-32-42-17-8-10-24-49(42)50)47-22-9-7-18-43(37-47)51-26-14-28-54-55(51)52-25-11-12-27-53(52)57(54)45-20-3-2-4-21-45/h3,5-6,8-33,35-38H,2,4,7,34H2,1H3/b19-13+,31-29-,39-30+,46-23+. The Hall–Kier alpha value is -6.90. The van der Waals surface area contributed by atoms with E-state index in [4.69, 9.17) is 0 Å². The summed E-state index contributed by atoms with van der Waals surface area (Å²) >= 11 is 0. The van der Waals surface area contributed by atoms with Crippen molar-refractivity contribution in [2.45, 2.75) is 32.6 Å². The van der Waals surface area contributed by atoms with Gasteiger partial charge in [-0.15, -0.1) is 0 Å². The first-order chi connectivity index (χ1) is 28.2. The number of para-hydroxylation sites is 1. The van der Waals surface area contributed by atoms with E-state index in [2.05, 4.69) is 217 Å². The van der Waals surface area contributed by atoms with Gasteiger partial charge in [-0.1, -0.05) is 157 Å². The number of fused-ring (bicyclic) bond motifs is 7. The summed E-state index contributed by atoms with van der Waals surface area (Å²) in [5, 5.41) is 7.60. The highest BCUT2D eigenvalue weighted by atomic mass is 15.2. The first-order valence-electron chi connectivity index (χ1n) is 20.2. The lowest BCUT2D eigenvalue weighted by atomic mass is 9.97. The number of benzene rings is 6. The van der Waals surface area contributed by atoms with E-state index in [-0.39, 0.29) is 0 Å². The molecular formula is C55H44N2. The zero-order chi connectivity index (χ0) is 38.1. The van der Waals surface area contributed by atoms with Crippen molar-refractivity contribution in [3.63, 3.8) is 0 Å². The summed E-state index contributed by atoms with van der Waals surface area (Å²) in [4.78, 5) is 2.48. The van der Waals surface area contributed by atoms with Crippen LogP contribution < -0.4 is 4.90 Å². The SMILES string of the molecule is CC1=C\C/C(N(C2=CC(c3cccc4c3c3ccccc3n4C3=CCCC=C3)=CCC=C2)c2ccc3c(ccc4ccccc43)c2)=C\C=C\c2ccccc2/C=C\1. The molecule has 274 valence electrons. The van der Waals surface area contributed by atoms with Crippen molar-refractivity contribution in [2.24, 2.45) is 0 Å². The largest absolute Gasteiger partial charge is 0.314 e. The summed E-state index contributed by atoms with van der Waals surface area (Å²) in [6.45, 7) is 2.20. The topological polar surface area (TPSA) is 8.17 Å². The van der Waals surface area contributed by atoms with Gasteiger partial charge in [0.25, 0.3) is 0 Å². The third-order valence-corrected chi connectivity index (χ3v) is 11.6. The molecule has 57 heavy (non-hydrogen) atoms. The second-order valence-electron chi connectivity index (χ2n) is 15.2. The van der Waals surface area contributed by atoms with Crippen LogP contribution in [0, 0.1) is 0 Å². The Balaban J connectivity index is 1.17. The summed E-state index contributed by atoms with van der Waals surface area (Å²) in [6.07, 6.45) is 33.7. The van der Waals surface area contributed by atoms with Gasteiger partial charge in [-0.2, -0.15) is 0 Å². The number of aromatic nitrogens is 1. The zero-order valence-electron chi connectivity index (χ0n) is 32.3. The number of rotatable bonds is 5. The van der Waals surface area contributed by atoms with Gasteiger partial charge in [0.15, 0.2) is 0 Å². The Morgan fingerprint density at radius 3 is 2.26 bits per heavy atom. The molecule has 0 fully saturated rings. The van der Waals surface area contributed by atoms with E-state index < -0.39 is 0 Å². The monoisotopic (exact) mass is 732 g/mol. The maximum absolute atomic E-state index is 2.48. The number of hydrogen-bond acceptors (Lipinski definition) is 1. The van der Waals surface area contributed by atoms with Crippen molar-refractivity contribution in [3.8, 4) is 0 Å². The van der Waals surface area contributed by atoms with Gasteiger partial charge in [0.05, 0.1) is 11.0 Å². The Morgan fingerprint density at radius 2 is 1.37 bits per heavy atom. The van der Waals surface area contributed by atoms with Gasteiger partial charge in [-0.05, 0) is 119 Å². The maximum Gasteiger partial charge on any atom is 0.0547 e. The lowest BCUT2D eigenvalue weighted by Gasteiger charge is -2.29. The highest BCUT2D eigenvalue weighted by molar-refractivity contribution is 6.15. The van der Waals surface area contributed by atoms with Crippen LogP contribution in [0.3, 0.4) is 0 Å². The molecule has 0 amide bonds. The number of nitrogens with zero attached hydrogens (tertiary/aromatic N) is 2. The average Bonchev–Trinajstić information content (AvgIpc) is 3.39. The van der Waals surface area contributed by atoms with E-state index in [9.17, 15) is 0 Å². The van der Waals surface area contributed by atoms with Crippen LogP contribution in [0.15, 0.2) is 205 Å². The Labute approximate surface area is 335 Å². The van der Waals surface area contributed by atoms with Crippen LogP contribution in [-0.4, -0.2) is 4.57 Å². The van der Waals surface area contributed by atoms with E-state index >= 15 is 0 Å². The molecule has 0 bridgehead atoms.